The number of anilines is 2. The number of hydrogen-bond donors (Lipinski definition) is 4. The summed E-state index contributed by atoms with van der Waals surface area (Å²) in [7, 11) is 2.58. The monoisotopic (exact) mass is 430 g/mol. The van der Waals surface area contributed by atoms with E-state index in [1.54, 1.807) is 5.32 Å². The largest absolute Gasteiger partial charge is 0.495 e. The van der Waals surface area contributed by atoms with Gasteiger partial charge in [-0.15, -0.1) is 0 Å². The van der Waals surface area contributed by atoms with Crippen LogP contribution in [-0.2, 0) is 4.79 Å². The van der Waals surface area contributed by atoms with Crippen molar-refractivity contribution in [3.8, 4) is 11.5 Å². The Morgan fingerprint density at radius 3 is 1.80 bits per heavy atom. The van der Waals surface area contributed by atoms with Crippen molar-refractivity contribution in [1.29, 1.82) is 0 Å². The minimum Gasteiger partial charge on any atom is -0.495 e. The molecule has 2 aromatic carbocycles. The first-order valence-corrected chi connectivity index (χ1v) is 7.87. The van der Waals surface area contributed by atoms with Gasteiger partial charge in [-0.2, -0.15) is 13.2 Å². The molecule has 0 spiro atoms. The van der Waals surface area contributed by atoms with Gasteiger partial charge in [0.2, 0.25) is 0 Å². The highest BCUT2D eigenvalue weighted by atomic mass is 19.4. The summed E-state index contributed by atoms with van der Waals surface area (Å²) in [6.45, 7) is 0. The molecule has 0 saturated carbocycles. The van der Waals surface area contributed by atoms with Crippen molar-refractivity contribution < 1.29 is 47.2 Å². The van der Waals surface area contributed by atoms with Crippen LogP contribution >= 0.6 is 0 Å². The highest BCUT2D eigenvalue weighted by Gasteiger charge is 2.39. The molecule has 2 aromatic rings. The fourth-order valence-electron chi connectivity index (χ4n) is 1.96. The van der Waals surface area contributed by atoms with Gasteiger partial charge < -0.3 is 30.7 Å². The smallest absolute Gasteiger partial charge is 0.471 e. The Morgan fingerprint density at radius 2 is 1.37 bits per heavy atom. The fourth-order valence-corrected chi connectivity index (χ4v) is 1.96. The second-order valence-corrected chi connectivity index (χ2v) is 5.43. The van der Waals surface area contributed by atoms with Crippen molar-refractivity contribution >= 4 is 29.2 Å². The summed E-state index contributed by atoms with van der Waals surface area (Å²) < 4.78 is 45.6. The number of hydrogen-bond acceptors (Lipinski definition) is 6. The van der Waals surface area contributed by atoms with Crippen LogP contribution in [0.3, 0.4) is 0 Å². The summed E-state index contributed by atoms with van der Waals surface area (Å²) in [4.78, 5) is 31.8. The van der Waals surface area contributed by atoms with Gasteiger partial charge >= 0.3 is 24.0 Å². The standard InChI is InChI=1S/C10H8F3NO4.C8H9NO3/c1-18-7-4-5(8(15)16)2-3-6(7)14-9(17)10(11,12)13;1-12-7-4-5(8(10)11)2-3-6(7)9/h2-4H,1H3,(H,14,17)(H,15,16);2-4H,9H2,1H3,(H,10,11). The lowest BCUT2D eigenvalue weighted by molar-refractivity contribution is -0.167. The van der Waals surface area contributed by atoms with Crippen molar-refractivity contribution in [3.05, 3.63) is 47.5 Å². The van der Waals surface area contributed by atoms with E-state index in [0.29, 0.717) is 11.4 Å². The van der Waals surface area contributed by atoms with Crippen molar-refractivity contribution in [1.82, 2.24) is 0 Å². The molecule has 0 atom stereocenters. The number of ether oxygens (including phenoxy) is 2. The minimum absolute atomic E-state index is 0.168. The van der Waals surface area contributed by atoms with E-state index in [2.05, 4.69) is 0 Å². The lowest BCUT2D eigenvalue weighted by Crippen LogP contribution is -2.30. The molecule has 5 N–H and O–H groups in total. The molecule has 162 valence electrons. The first-order valence-electron chi connectivity index (χ1n) is 7.87. The third kappa shape index (κ3) is 6.58. The lowest BCUT2D eigenvalue weighted by atomic mass is 10.2. The summed E-state index contributed by atoms with van der Waals surface area (Å²) in [6, 6.07) is 7.40. The predicted octanol–water partition coefficient (Wildman–Crippen LogP) is 2.87. The predicted molar refractivity (Wildman–Crippen MR) is 99.0 cm³/mol. The van der Waals surface area contributed by atoms with E-state index < -0.39 is 24.0 Å². The maximum Gasteiger partial charge on any atom is 0.471 e. The van der Waals surface area contributed by atoms with Gasteiger partial charge in [-0.3, -0.25) is 4.79 Å². The SMILES string of the molecule is COc1cc(C(=O)O)ccc1N.COc1cc(C(=O)O)ccc1NC(=O)C(F)(F)F. The molecule has 0 heterocycles. The van der Waals surface area contributed by atoms with Crippen molar-refractivity contribution in [2.24, 2.45) is 0 Å². The van der Waals surface area contributed by atoms with Gasteiger partial charge in [-0.25, -0.2) is 9.59 Å². The molecule has 30 heavy (non-hydrogen) atoms. The van der Waals surface area contributed by atoms with Gasteiger partial charge in [0.15, 0.2) is 0 Å². The number of amides is 1. The molecule has 9 nitrogen and oxygen atoms in total. The molecule has 0 aliphatic carbocycles. The number of methoxy groups -OCH3 is 2. The molecule has 0 aliphatic rings. The number of halogens is 3. The van der Waals surface area contributed by atoms with Crippen molar-refractivity contribution in [2.75, 3.05) is 25.3 Å². The molecule has 0 saturated heterocycles. The Morgan fingerprint density at radius 1 is 0.900 bits per heavy atom. The van der Waals surface area contributed by atoms with Crippen molar-refractivity contribution in [2.45, 2.75) is 6.18 Å². The van der Waals surface area contributed by atoms with Gasteiger partial charge in [0.1, 0.15) is 11.5 Å². The van der Waals surface area contributed by atoms with Crippen LogP contribution in [0.1, 0.15) is 20.7 Å². The molecular formula is C18H17F3N2O7. The molecule has 2 rings (SSSR count). The van der Waals surface area contributed by atoms with Crippen LogP contribution in [0.15, 0.2) is 36.4 Å². The number of aromatic carboxylic acids is 2. The van der Waals surface area contributed by atoms with Crippen LogP contribution in [0.5, 0.6) is 11.5 Å². The number of nitrogens with two attached hydrogens (primary N) is 1. The van der Waals surface area contributed by atoms with E-state index in [1.807, 2.05) is 0 Å². The van der Waals surface area contributed by atoms with Gasteiger partial charge in [-0.05, 0) is 36.4 Å². The van der Waals surface area contributed by atoms with Gasteiger partial charge in [0, 0.05) is 0 Å². The van der Waals surface area contributed by atoms with E-state index in [4.69, 9.17) is 25.4 Å². The van der Waals surface area contributed by atoms with Crippen LogP contribution in [-0.4, -0.2) is 48.5 Å². The molecule has 0 aliphatic heterocycles. The fraction of sp³-hybridized carbons (Fsp3) is 0.167. The molecule has 0 fully saturated rings. The minimum atomic E-state index is -5.03. The van der Waals surface area contributed by atoms with E-state index in [1.165, 1.54) is 25.3 Å². The number of carboxylic acid groups (broad SMARTS) is 2. The summed E-state index contributed by atoms with van der Waals surface area (Å²) in [5, 5.41) is 18.9. The number of carbonyl (C=O) groups is 3. The third-order valence-electron chi connectivity index (χ3n) is 3.43. The van der Waals surface area contributed by atoms with Crippen molar-refractivity contribution in [3.63, 3.8) is 0 Å². The normalized spacial score (nSPS) is 10.3. The quantitative estimate of drug-likeness (QED) is 0.529. The summed E-state index contributed by atoms with van der Waals surface area (Å²) in [6.07, 6.45) is -5.03. The van der Waals surface area contributed by atoms with Crippen LogP contribution in [0.4, 0.5) is 24.5 Å². The zero-order valence-corrected chi connectivity index (χ0v) is 15.6. The number of alkyl halides is 3. The molecule has 0 unspecified atom stereocenters. The maximum atomic E-state index is 12.0. The highest BCUT2D eigenvalue weighted by Crippen LogP contribution is 2.27. The Hall–Kier alpha value is -3.96. The van der Waals surface area contributed by atoms with Crippen LogP contribution < -0.4 is 20.5 Å². The average molecular weight is 430 g/mol. The maximum absolute atomic E-state index is 12.0. The number of carboxylic acids is 2. The van der Waals surface area contributed by atoms with Crippen LogP contribution in [0.25, 0.3) is 0 Å². The van der Waals surface area contributed by atoms with Gasteiger partial charge in [0.25, 0.3) is 0 Å². The van der Waals surface area contributed by atoms with Gasteiger partial charge in [-0.1, -0.05) is 0 Å². The van der Waals surface area contributed by atoms with Gasteiger partial charge in [0.05, 0.1) is 36.7 Å². The Balaban J connectivity index is 0.000000325. The summed E-state index contributed by atoms with van der Waals surface area (Å²) in [5.41, 5.74) is 5.65. The third-order valence-corrected chi connectivity index (χ3v) is 3.43. The van der Waals surface area contributed by atoms with Crippen LogP contribution in [0, 0.1) is 0 Å². The van der Waals surface area contributed by atoms with E-state index in [9.17, 15) is 27.6 Å². The first kappa shape index (κ1) is 24.1. The molecule has 0 aromatic heterocycles. The van der Waals surface area contributed by atoms with E-state index >= 15 is 0 Å². The van der Waals surface area contributed by atoms with E-state index in [0.717, 1.165) is 25.3 Å². The Kier molecular flexibility index (Phi) is 8.03. The number of rotatable bonds is 5. The molecule has 0 bridgehead atoms. The zero-order valence-electron chi connectivity index (χ0n) is 15.6. The lowest BCUT2D eigenvalue weighted by Gasteiger charge is -2.12. The number of benzene rings is 2. The topological polar surface area (TPSA) is 148 Å². The molecule has 0 radical (unpaired) electrons. The summed E-state index contributed by atoms with van der Waals surface area (Å²) >= 11 is 0. The Bertz CT molecular complexity index is 946. The van der Waals surface area contributed by atoms with E-state index in [-0.39, 0.29) is 22.6 Å². The number of carbonyl (C=O) groups excluding carboxylic acids is 1. The number of nitrogen functional groups attached to an aromatic ring is 1. The zero-order chi connectivity index (χ0) is 23.1. The highest BCUT2D eigenvalue weighted by molar-refractivity contribution is 5.97. The number of nitrogens with one attached hydrogen (secondary N) is 1. The van der Waals surface area contributed by atoms with Crippen LogP contribution in [0.2, 0.25) is 0 Å². The second-order valence-electron chi connectivity index (χ2n) is 5.43. The Labute approximate surface area is 167 Å². The second kappa shape index (κ2) is 10.0. The molecule has 1 amide bonds. The summed E-state index contributed by atoms with van der Waals surface area (Å²) in [5.74, 6) is -4.21. The average Bonchev–Trinajstić information content (AvgIpc) is 2.68. The first-order chi connectivity index (χ1) is 13.9. The molecule has 12 heteroatoms. The molecular weight excluding hydrogens is 413 g/mol.